The minimum atomic E-state index is -1.30. The number of amides is 2. The summed E-state index contributed by atoms with van der Waals surface area (Å²) < 4.78 is 19.7. The second-order valence-corrected chi connectivity index (χ2v) is 7.59. The van der Waals surface area contributed by atoms with E-state index in [2.05, 4.69) is 10.3 Å². The summed E-state index contributed by atoms with van der Waals surface area (Å²) in [5, 5.41) is 16.7. The fourth-order valence-corrected chi connectivity index (χ4v) is 3.59. The van der Waals surface area contributed by atoms with E-state index < -0.39 is 23.5 Å². The number of carbonyl (C=O) groups excluding carboxylic acids is 2. The van der Waals surface area contributed by atoms with E-state index >= 15 is 0 Å². The maximum atomic E-state index is 13.4. The Morgan fingerprint density at radius 3 is 2.75 bits per heavy atom. The number of anilines is 1. The molecule has 10 nitrogen and oxygen atoms in total. The number of aromatic carboxylic acids is 1. The number of rotatable bonds is 5. The smallest absolute Gasteiger partial charge is 0.374 e. The van der Waals surface area contributed by atoms with Crippen LogP contribution in [0.5, 0.6) is 0 Å². The van der Waals surface area contributed by atoms with E-state index in [4.69, 9.17) is 21.2 Å². The summed E-state index contributed by atoms with van der Waals surface area (Å²) in [4.78, 5) is 39.5. The summed E-state index contributed by atoms with van der Waals surface area (Å²) >= 11 is 5.79. The first-order valence-corrected chi connectivity index (χ1v) is 9.87. The van der Waals surface area contributed by atoms with Crippen LogP contribution in [0.2, 0.25) is 5.02 Å². The van der Waals surface area contributed by atoms with Crippen molar-refractivity contribution >= 4 is 35.2 Å². The summed E-state index contributed by atoms with van der Waals surface area (Å²) in [6.07, 6.45) is 1.44. The van der Waals surface area contributed by atoms with E-state index in [1.807, 2.05) is 0 Å². The fraction of sp³-hybridized carbons (Fsp3) is 0.250. The number of benzene rings is 1. The number of carboxylic acids is 1. The summed E-state index contributed by atoms with van der Waals surface area (Å²) in [6, 6.07) is 5.26. The number of carboxylic acid groups (broad SMARTS) is 1. The van der Waals surface area contributed by atoms with E-state index in [9.17, 15) is 18.8 Å². The number of aromatic nitrogens is 3. The number of hydrogen-bond acceptors (Lipinski definition) is 6. The van der Waals surface area contributed by atoms with E-state index in [1.54, 1.807) is 9.58 Å². The molecule has 32 heavy (non-hydrogen) atoms. The molecule has 0 saturated carbocycles. The van der Waals surface area contributed by atoms with E-state index in [-0.39, 0.29) is 35.3 Å². The Morgan fingerprint density at radius 2 is 2.06 bits per heavy atom. The normalized spacial score (nSPS) is 13.0. The lowest BCUT2D eigenvalue weighted by Crippen LogP contribution is -2.40. The van der Waals surface area contributed by atoms with Crippen molar-refractivity contribution < 1.29 is 28.4 Å². The van der Waals surface area contributed by atoms with Crippen LogP contribution in [0, 0.1) is 5.82 Å². The van der Waals surface area contributed by atoms with Crippen molar-refractivity contribution in [3.8, 4) is 0 Å². The summed E-state index contributed by atoms with van der Waals surface area (Å²) in [5.41, 5.74) is 1.38. The number of halogens is 2. The van der Waals surface area contributed by atoms with Gasteiger partial charge in [-0.3, -0.25) is 19.2 Å². The van der Waals surface area contributed by atoms with Gasteiger partial charge in [0.1, 0.15) is 5.82 Å². The lowest BCUT2D eigenvalue weighted by Gasteiger charge is -2.28. The first-order chi connectivity index (χ1) is 15.2. The van der Waals surface area contributed by atoms with Crippen molar-refractivity contribution in [3.05, 3.63) is 63.9 Å². The third-order valence-electron chi connectivity index (χ3n) is 5.15. The van der Waals surface area contributed by atoms with Gasteiger partial charge in [-0.05, 0) is 17.7 Å². The quantitative estimate of drug-likeness (QED) is 0.618. The van der Waals surface area contributed by atoms with Gasteiger partial charge in [0, 0.05) is 19.7 Å². The molecule has 0 fully saturated rings. The molecule has 3 heterocycles. The van der Waals surface area contributed by atoms with Gasteiger partial charge in [0.2, 0.25) is 11.7 Å². The average molecular weight is 462 g/mol. The molecular formula is C20H17ClFN5O5. The van der Waals surface area contributed by atoms with E-state index in [0.29, 0.717) is 24.3 Å². The number of carbonyl (C=O) groups is 3. The van der Waals surface area contributed by atoms with Crippen LogP contribution in [0.4, 0.5) is 10.2 Å². The van der Waals surface area contributed by atoms with Gasteiger partial charge in [-0.15, -0.1) is 0 Å². The molecule has 12 heteroatoms. The molecule has 1 aliphatic heterocycles. The highest BCUT2D eigenvalue weighted by atomic mass is 35.5. The van der Waals surface area contributed by atoms with Crippen molar-refractivity contribution in [3.63, 3.8) is 0 Å². The zero-order chi connectivity index (χ0) is 23.0. The third kappa shape index (κ3) is 4.06. The molecule has 166 valence electrons. The van der Waals surface area contributed by atoms with E-state index in [1.165, 1.54) is 31.4 Å². The second kappa shape index (κ2) is 8.42. The molecule has 2 aromatic heterocycles. The van der Waals surface area contributed by atoms with Gasteiger partial charge in [0.05, 0.1) is 42.0 Å². The maximum absolute atomic E-state index is 13.4. The summed E-state index contributed by atoms with van der Waals surface area (Å²) in [5.74, 6) is -2.90. The van der Waals surface area contributed by atoms with Crippen LogP contribution in [0.15, 0.2) is 35.0 Å². The van der Waals surface area contributed by atoms with Crippen LogP contribution in [0.1, 0.15) is 32.2 Å². The molecule has 0 bridgehead atoms. The average Bonchev–Trinajstić information content (AvgIpc) is 3.42. The van der Waals surface area contributed by atoms with Crippen molar-refractivity contribution in [2.45, 2.75) is 19.5 Å². The van der Waals surface area contributed by atoms with Crippen LogP contribution in [0.3, 0.4) is 0 Å². The fourth-order valence-electron chi connectivity index (χ4n) is 3.38. The van der Waals surface area contributed by atoms with Crippen LogP contribution in [-0.2, 0) is 24.3 Å². The first kappa shape index (κ1) is 21.5. The van der Waals surface area contributed by atoms with Gasteiger partial charge in [-0.25, -0.2) is 9.18 Å². The van der Waals surface area contributed by atoms with Crippen molar-refractivity contribution in [2.24, 2.45) is 0 Å². The number of hydrogen-bond donors (Lipinski definition) is 1. The highest BCUT2D eigenvalue weighted by Gasteiger charge is 2.29. The zero-order valence-electron chi connectivity index (χ0n) is 16.8. The molecule has 2 amide bonds. The van der Waals surface area contributed by atoms with Crippen molar-refractivity contribution in [1.82, 2.24) is 19.8 Å². The number of nitrogens with zero attached hydrogens (tertiary/aromatic N) is 5. The Hall–Kier alpha value is -3.73. The topological polar surface area (TPSA) is 122 Å². The van der Waals surface area contributed by atoms with Gasteiger partial charge in [-0.1, -0.05) is 22.8 Å². The van der Waals surface area contributed by atoms with Gasteiger partial charge in [0.25, 0.3) is 5.91 Å². The summed E-state index contributed by atoms with van der Waals surface area (Å²) in [7, 11) is 1.43. The predicted molar refractivity (Wildman–Crippen MR) is 109 cm³/mol. The first-order valence-electron chi connectivity index (χ1n) is 9.49. The molecule has 1 aromatic carbocycles. The van der Waals surface area contributed by atoms with Crippen LogP contribution >= 0.6 is 11.6 Å². The van der Waals surface area contributed by atoms with Crippen molar-refractivity contribution in [2.75, 3.05) is 18.5 Å². The Labute approximate surface area is 185 Å². The largest absolute Gasteiger partial charge is 0.475 e. The van der Waals surface area contributed by atoms with Gasteiger partial charge in [0.15, 0.2) is 5.82 Å². The van der Waals surface area contributed by atoms with Crippen LogP contribution in [-0.4, -0.2) is 56.3 Å². The molecule has 0 spiro atoms. The van der Waals surface area contributed by atoms with E-state index in [0.717, 1.165) is 11.0 Å². The highest BCUT2D eigenvalue weighted by Crippen LogP contribution is 2.22. The lowest BCUT2D eigenvalue weighted by molar-refractivity contribution is -0.132. The number of fused-ring (bicyclic) bond motifs is 1. The molecule has 1 aliphatic rings. The molecular weight excluding hydrogens is 445 g/mol. The predicted octanol–water partition coefficient (Wildman–Crippen LogP) is 2.22. The second-order valence-electron chi connectivity index (χ2n) is 7.19. The molecule has 3 aromatic rings. The van der Waals surface area contributed by atoms with Crippen LogP contribution < -0.4 is 4.90 Å². The monoisotopic (exact) mass is 461 g/mol. The minimum Gasteiger partial charge on any atom is -0.475 e. The molecule has 0 saturated heterocycles. The zero-order valence-corrected chi connectivity index (χ0v) is 17.5. The highest BCUT2D eigenvalue weighted by molar-refractivity contribution is 6.30. The molecule has 0 unspecified atom stereocenters. The SMILES string of the molecule is CN(C(=O)c1cnn2c1CN(C(=O)Cc1ccc(F)c(Cl)c1)CC2)c1cc(C(=O)O)on1. The van der Waals surface area contributed by atoms with Gasteiger partial charge >= 0.3 is 5.97 Å². The van der Waals surface area contributed by atoms with Crippen LogP contribution in [0.25, 0.3) is 0 Å². The molecule has 1 N–H and O–H groups in total. The molecule has 4 rings (SSSR count). The molecule has 0 atom stereocenters. The molecule has 0 radical (unpaired) electrons. The standard InChI is InChI=1S/C20H17ClFN5O5/c1-25(17-8-16(20(30)31)32-24-17)19(29)12-9-23-27-5-4-26(10-15(12)27)18(28)7-11-2-3-14(22)13(21)6-11/h2-3,6,8-9H,4-5,7,10H2,1H3,(H,30,31). The Morgan fingerprint density at radius 1 is 1.28 bits per heavy atom. The Bertz CT molecular complexity index is 1220. The molecule has 0 aliphatic carbocycles. The van der Waals surface area contributed by atoms with Gasteiger partial charge in [-0.2, -0.15) is 5.10 Å². The van der Waals surface area contributed by atoms with Gasteiger partial charge < -0.3 is 14.5 Å². The minimum absolute atomic E-state index is 0.0317. The maximum Gasteiger partial charge on any atom is 0.374 e. The lowest BCUT2D eigenvalue weighted by atomic mass is 10.1. The Balaban J connectivity index is 1.50. The summed E-state index contributed by atoms with van der Waals surface area (Å²) in [6.45, 7) is 0.953. The third-order valence-corrected chi connectivity index (χ3v) is 5.44. The van der Waals surface area contributed by atoms with Crippen molar-refractivity contribution in [1.29, 1.82) is 0 Å². The Kier molecular flexibility index (Phi) is 5.66.